The summed E-state index contributed by atoms with van der Waals surface area (Å²) >= 11 is 0. The molecule has 0 amide bonds. The molecular formula is C30H27NO5. The number of pyridine rings is 1. The highest BCUT2D eigenvalue weighted by atomic mass is 16.5. The maximum atomic E-state index is 13.2. The monoisotopic (exact) mass is 481 g/mol. The zero-order valence-electron chi connectivity index (χ0n) is 20.9. The van der Waals surface area contributed by atoms with Crippen LogP contribution in [0, 0.1) is 0 Å². The Hall–Kier alpha value is -4.45. The van der Waals surface area contributed by atoms with Crippen molar-refractivity contribution in [3.8, 4) is 45.3 Å². The van der Waals surface area contributed by atoms with Crippen molar-refractivity contribution in [2.45, 2.75) is 6.92 Å². The average Bonchev–Trinajstić information content (AvgIpc) is 3.28. The molecule has 0 radical (unpaired) electrons. The summed E-state index contributed by atoms with van der Waals surface area (Å²) in [4.78, 5) is 13.2. The molecule has 0 N–H and O–H groups in total. The maximum absolute atomic E-state index is 13.2. The molecule has 0 bridgehead atoms. The highest BCUT2D eigenvalue weighted by Gasteiger charge is 2.26. The van der Waals surface area contributed by atoms with Gasteiger partial charge in [0.15, 0.2) is 28.8 Å². The number of aromatic nitrogens is 1. The van der Waals surface area contributed by atoms with Crippen molar-refractivity contribution in [3.05, 3.63) is 78.6 Å². The van der Waals surface area contributed by atoms with Crippen LogP contribution in [0.4, 0.5) is 0 Å². The minimum absolute atomic E-state index is 0.0320. The first-order chi connectivity index (χ1) is 17.5. The van der Waals surface area contributed by atoms with Gasteiger partial charge in [-0.1, -0.05) is 36.4 Å². The van der Waals surface area contributed by atoms with Crippen molar-refractivity contribution in [1.82, 2.24) is 4.40 Å². The summed E-state index contributed by atoms with van der Waals surface area (Å²) in [5.74, 6) is 2.47. The van der Waals surface area contributed by atoms with Gasteiger partial charge in [0, 0.05) is 29.6 Å². The fourth-order valence-electron chi connectivity index (χ4n) is 4.90. The minimum atomic E-state index is -0.0320. The number of carbonyl (C=O) groups excluding carboxylic acids is 1. The SMILES string of the molecule is COc1ccc(-c2c(-c3ccccc3)c(C(C)=O)n3ccc4cc(OC)c(OC)cc4c23)cc1OC. The molecule has 182 valence electrons. The fraction of sp³-hybridized carbons (Fsp3) is 0.167. The summed E-state index contributed by atoms with van der Waals surface area (Å²) in [6.45, 7) is 1.60. The molecule has 0 unspecified atom stereocenters. The molecule has 0 spiro atoms. The topological polar surface area (TPSA) is 58.4 Å². The fourth-order valence-corrected chi connectivity index (χ4v) is 4.90. The van der Waals surface area contributed by atoms with E-state index in [9.17, 15) is 4.79 Å². The Kier molecular flexibility index (Phi) is 6.02. The second-order valence-corrected chi connectivity index (χ2v) is 8.42. The van der Waals surface area contributed by atoms with E-state index in [-0.39, 0.29) is 5.78 Å². The van der Waals surface area contributed by atoms with Gasteiger partial charge in [-0.15, -0.1) is 0 Å². The molecule has 5 aromatic rings. The average molecular weight is 482 g/mol. The summed E-state index contributed by atoms with van der Waals surface area (Å²) in [6, 6.07) is 21.7. The highest BCUT2D eigenvalue weighted by Crippen LogP contribution is 2.46. The predicted octanol–water partition coefficient (Wildman–Crippen LogP) is 6.66. The van der Waals surface area contributed by atoms with E-state index >= 15 is 0 Å². The van der Waals surface area contributed by atoms with Crippen LogP contribution in [0.25, 0.3) is 38.5 Å². The normalized spacial score (nSPS) is 11.0. The first-order valence-corrected chi connectivity index (χ1v) is 11.5. The van der Waals surface area contributed by atoms with Gasteiger partial charge in [-0.25, -0.2) is 0 Å². The molecule has 0 aliphatic rings. The summed E-state index contributed by atoms with van der Waals surface area (Å²) in [7, 11) is 6.47. The van der Waals surface area contributed by atoms with Crippen molar-refractivity contribution in [2.75, 3.05) is 28.4 Å². The first-order valence-electron chi connectivity index (χ1n) is 11.5. The van der Waals surface area contributed by atoms with E-state index < -0.39 is 0 Å². The number of ketones is 1. The van der Waals surface area contributed by atoms with Crippen molar-refractivity contribution in [2.24, 2.45) is 0 Å². The van der Waals surface area contributed by atoms with Crippen LogP contribution in [-0.4, -0.2) is 38.6 Å². The van der Waals surface area contributed by atoms with E-state index in [1.165, 1.54) is 0 Å². The van der Waals surface area contributed by atoms with Crippen molar-refractivity contribution < 1.29 is 23.7 Å². The molecule has 36 heavy (non-hydrogen) atoms. The first kappa shape index (κ1) is 23.3. The highest BCUT2D eigenvalue weighted by molar-refractivity contribution is 6.15. The third-order valence-electron chi connectivity index (χ3n) is 6.49. The lowest BCUT2D eigenvalue weighted by Crippen LogP contribution is -2.00. The van der Waals surface area contributed by atoms with Crippen LogP contribution < -0.4 is 18.9 Å². The van der Waals surface area contributed by atoms with E-state index in [1.54, 1.807) is 35.4 Å². The molecule has 0 atom stereocenters. The van der Waals surface area contributed by atoms with Gasteiger partial charge in [0.2, 0.25) is 0 Å². The van der Waals surface area contributed by atoms with Crippen LogP contribution >= 0.6 is 0 Å². The van der Waals surface area contributed by atoms with Gasteiger partial charge >= 0.3 is 0 Å². The maximum Gasteiger partial charge on any atom is 0.177 e. The van der Waals surface area contributed by atoms with Gasteiger partial charge in [0.1, 0.15) is 0 Å². The molecule has 0 saturated carbocycles. The molecule has 0 fully saturated rings. The number of Topliss-reactive ketones (excluding diaryl/α,β-unsaturated/α-hetero) is 1. The molecule has 5 rings (SSSR count). The Balaban J connectivity index is 2.01. The van der Waals surface area contributed by atoms with Gasteiger partial charge in [-0.05, 0) is 46.8 Å². The number of hydrogen-bond donors (Lipinski definition) is 0. The zero-order chi connectivity index (χ0) is 25.4. The summed E-state index contributed by atoms with van der Waals surface area (Å²) in [5.41, 5.74) is 5.13. The molecule has 0 aliphatic heterocycles. The standard InChI is InChI=1S/C30H27NO5/c1-18(32)29-27(19-9-7-6-8-10-19)28(21-11-12-23(33-2)24(16-21)34-3)30-22-17-26(36-5)25(35-4)15-20(22)13-14-31(29)30/h6-17H,1-5H3. The zero-order valence-corrected chi connectivity index (χ0v) is 20.9. The smallest absolute Gasteiger partial charge is 0.177 e. The van der Waals surface area contributed by atoms with E-state index in [0.717, 1.165) is 38.5 Å². The number of carbonyl (C=O) groups is 1. The van der Waals surface area contributed by atoms with E-state index in [0.29, 0.717) is 28.7 Å². The molecule has 0 aliphatic carbocycles. The van der Waals surface area contributed by atoms with E-state index in [4.69, 9.17) is 18.9 Å². The van der Waals surface area contributed by atoms with Gasteiger partial charge in [-0.2, -0.15) is 0 Å². The van der Waals surface area contributed by atoms with Crippen LogP contribution in [0.3, 0.4) is 0 Å². The number of benzene rings is 3. The number of hydrogen-bond acceptors (Lipinski definition) is 5. The second-order valence-electron chi connectivity index (χ2n) is 8.42. The Bertz CT molecular complexity index is 1600. The van der Waals surface area contributed by atoms with Gasteiger partial charge < -0.3 is 23.3 Å². The largest absolute Gasteiger partial charge is 0.493 e. The molecule has 6 heteroatoms. The predicted molar refractivity (Wildman–Crippen MR) is 142 cm³/mol. The number of nitrogens with zero attached hydrogens (tertiary/aromatic N) is 1. The molecule has 3 aromatic carbocycles. The van der Waals surface area contributed by atoms with Crippen molar-refractivity contribution in [1.29, 1.82) is 0 Å². The Labute approximate surface area is 209 Å². The molecule has 0 saturated heterocycles. The lowest BCUT2D eigenvalue weighted by atomic mass is 9.93. The summed E-state index contributed by atoms with van der Waals surface area (Å²) < 4.78 is 24.3. The van der Waals surface area contributed by atoms with Crippen molar-refractivity contribution in [3.63, 3.8) is 0 Å². The molecule has 2 aromatic heterocycles. The van der Waals surface area contributed by atoms with E-state index in [2.05, 4.69) is 0 Å². The quantitative estimate of drug-likeness (QED) is 0.243. The van der Waals surface area contributed by atoms with Gasteiger partial charge in [0.05, 0.1) is 39.6 Å². The molecule has 6 nitrogen and oxygen atoms in total. The summed E-state index contributed by atoms with van der Waals surface area (Å²) in [5, 5.41) is 1.90. The van der Waals surface area contributed by atoms with Crippen LogP contribution in [-0.2, 0) is 0 Å². The second kappa shape index (κ2) is 9.30. The number of ether oxygens (including phenoxy) is 4. The number of methoxy groups -OCH3 is 4. The lowest BCUT2D eigenvalue weighted by molar-refractivity contribution is 0.101. The van der Waals surface area contributed by atoms with E-state index in [1.807, 2.05) is 77.3 Å². The Morgan fingerprint density at radius 3 is 1.94 bits per heavy atom. The minimum Gasteiger partial charge on any atom is -0.493 e. The van der Waals surface area contributed by atoms with Gasteiger partial charge in [0.25, 0.3) is 0 Å². The molecular weight excluding hydrogens is 454 g/mol. The third-order valence-corrected chi connectivity index (χ3v) is 6.49. The lowest BCUT2D eigenvalue weighted by Gasteiger charge is -2.13. The summed E-state index contributed by atoms with van der Waals surface area (Å²) in [6.07, 6.45) is 1.94. The third kappa shape index (κ3) is 3.62. The van der Waals surface area contributed by atoms with Crippen LogP contribution in [0.15, 0.2) is 72.9 Å². The Morgan fingerprint density at radius 1 is 0.667 bits per heavy atom. The molecule has 2 heterocycles. The Morgan fingerprint density at radius 2 is 1.31 bits per heavy atom. The van der Waals surface area contributed by atoms with Crippen LogP contribution in [0.2, 0.25) is 0 Å². The van der Waals surface area contributed by atoms with Crippen LogP contribution in [0.5, 0.6) is 23.0 Å². The van der Waals surface area contributed by atoms with Crippen molar-refractivity contribution >= 4 is 22.1 Å². The van der Waals surface area contributed by atoms with Gasteiger partial charge in [-0.3, -0.25) is 4.79 Å². The van der Waals surface area contributed by atoms with Crippen LogP contribution in [0.1, 0.15) is 17.4 Å². The number of rotatable bonds is 7. The number of fused-ring (bicyclic) bond motifs is 3.